The molecular formula is C7H11O5P. The molecule has 2 N–H and O–H groups in total. The smallest absolute Gasteiger partial charge is 0.433 e. The summed E-state index contributed by atoms with van der Waals surface area (Å²) in [5, 5.41) is 0. The molecule has 0 aromatic carbocycles. The van der Waals surface area contributed by atoms with E-state index < -0.39 is 18.9 Å². The lowest BCUT2D eigenvalue weighted by atomic mass is 10.1. The number of hydrogen-bond acceptors (Lipinski definition) is 3. The zero-order valence-electron chi connectivity index (χ0n) is 7.35. The van der Waals surface area contributed by atoms with Crippen molar-refractivity contribution < 1.29 is 23.9 Å². The molecule has 0 saturated carbocycles. The van der Waals surface area contributed by atoms with Crippen LogP contribution in [0, 0.1) is 12.3 Å². The van der Waals surface area contributed by atoms with Crippen molar-refractivity contribution in [1.29, 1.82) is 0 Å². The van der Waals surface area contributed by atoms with E-state index in [1.165, 1.54) is 6.92 Å². The molecule has 0 heterocycles. The van der Waals surface area contributed by atoms with E-state index in [2.05, 4.69) is 10.7 Å². The molecule has 0 aliphatic carbocycles. The number of carbonyl (C=O) groups is 1. The Morgan fingerprint density at radius 2 is 2.15 bits per heavy atom. The van der Waals surface area contributed by atoms with Crippen LogP contribution in [0.3, 0.4) is 0 Å². The largest absolute Gasteiger partial charge is 0.437 e. The average molecular weight is 206 g/mol. The van der Waals surface area contributed by atoms with Crippen molar-refractivity contribution in [3.05, 3.63) is 0 Å². The summed E-state index contributed by atoms with van der Waals surface area (Å²) in [5.41, 5.74) is -2.84. The van der Waals surface area contributed by atoms with Crippen LogP contribution in [0.5, 0.6) is 0 Å². The molecule has 0 rings (SSSR count). The third kappa shape index (κ3) is 3.60. The first kappa shape index (κ1) is 12.2. The number of terminal acetylenes is 1. The molecule has 0 aromatic heterocycles. The second-order valence-corrected chi connectivity index (χ2v) is 4.09. The van der Waals surface area contributed by atoms with Gasteiger partial charge in [-0.2, -0.15) is 0 Å². The molecule has 6 heteroatoms. The van der Waals surface area contributed by atoms with Crippen LogP contribution in [0.2, 0.25) is 0 Å². The van der Waals surface area contributed by atoms with Gasteiger partial charge in [-0.3, -0.25) is 0 Å². The maximum atomic E-state index is 10.7. The van der Waals surface area contributed by atoms with Gasteiger partial charge in [0.25, 0.3) is 0 Å². The van der Waals surface area contributed by atoms with Crippen molar-refractivity contribution in [1.82, 2.24) is 0 Å². The standard InChI is InChI=1S/C7H11O5P/c1-4-7(3,5-2)12-6(8)13(9,10)11/h1H,5H2,2-3H3,(H2,9,10,11). The van der Waals surface area contributed by atoms with Gasteiger partial charge in [0.15, 0.2) is 5.60 Å². The fraction of sp³-hybridized carbons (Fsp3) is 0.571. The van der Waals surface area contributed by atoms with Gasteiger partial charge in [0.2, 0.25) is 0 Å². The van der Waals surface area contributed by atoms with Crippen LogP contribution in [-0.2, 0) is 9.30 Å². The van der Waals surface area contributed by atoms with Gasteiger partial charge in [-0.1, -0.05) is 12.8 Å². The summed E-state index contributed by atoms with van der Waals surface area (Å²) in [6.45, 7) is 3.05. The summed E-state index contributed by atoms with van der Waals surface area (Å²) in [5.74, 6) is 2.14. The highest BCUT2D eigenvalue weighted by Crippen LogP contribution is 2.39. The molecule has 0 aliphatic heterocycles. The molecule has 0 aromatic rings. The summed E-state index contributed by atoms with van der Waals surface area (Å²) in [6.07, 6.45) is 5.32. The summed E-state index contributed by atoms with van der Waals surface area (Å²) in [6, 6.07) is 0. The third-order valence-electron chi connectivity index (χ3n) is 1.53. The van der Waals surface area contributed by atoms with Gasteiger partial charge in [0.1, 0.15) is 0 Å². The maximum Gasteiger partial charge on any atom is 0.433 e. The average Bonchev–Trinajstić information content (AvgIpc) is 2.02. The van der Waals surface area contributed by atoms with Crippen LogP contribution in [0.1, 0.15) is 20.3 Å². The van der Waals surface area contributed by atoms with Gasteiger partial charge in [0, 0.05) is 0 Å². The Morgan fingerprint density at radius 3 is 2.38 bits per heavy atom. The first-order chi connectivity index (χ1) is 5.75. The SMILES string of the molecule is C#CC(C)(CC)OC(=O)P(=O)(O)O. The Morgan fingerprint density at radius 1 is 1.69 bits per heavy atom. The summed E-state index contributed by atoms with van der Waals surface area (Å²) in [4.78, 5) is 27.5. The van der Waals surface area contributed by atoms with Crippen LogP contribution >= 0.6 is 7.60 Å². The van der Waals surface area contributed by atoms with Gasteiger partial charge >= 0.3 is 13.3 Å². The van der Waals surface area contributed by atoms with Crippen LogP contribution < -0.4 is 0 Å². The van der Waals surface area contributed by atoms with Crippen molar-refractivity contribution in [2.45, 2.75) is 25.9 Å². The highest BCUT2D eigenvalue weighted by Gasteiger charge is 2.34. The lowest BCUT2D eigenvalue weighted by molar-refractivity contribution is 0.0783. The summed E-state index contributed by atoms with van der Waals surface area (Å²) < 4.78 is 14.9. The molecular weight excluding hydrogens is 195 g/mol. The maximum absolute atomic E-state index is 10.7. The monoisotopic (exact) mass is 206 g/mol. The van der Waals surface area contributed by atoms with E-state index in [9.17, 15) is 9.36 Å². The number of carbonyl (C=O) groups excluding carboxylic acids is 1. The molecule has 13 heavy (non-hydrogen) atoms. The Labute approximate surface area is 76.3 Å². The summed E-state index contributed by atoms with van der Waals surface area (Å²) >= 11 is 0. The molecule has 0 amide bonds. The van der Waals surface area contributed by atoms with Crippen molar-refractivity contribution >= 4 is 13.3 Å². The molecule has 1 unspecified atom stereocenters. The van der Waals surface area contributed by atoms with Gasteiger partial charge < -0.3 is 14.5 Å². The minimum absolute atomic E-state index is 0.287. The minimum atomic E-state index is -4.84. The predicted molar refractivity (Wildman–Crippen MR) is 46.1 cm³/mol. The molecule has 0 radical (unpaired) electrons. The van der Waals surface area contributed by atoms with E-state index in [1.54, 1.807) is 6.92 Å². The Hall–Kier alpha value is -0.820. The number of rotatable bonds is 3. The van der Waals surface area contributed by atoms with Crippen molar-refractivity contribution in [2.24, 2.45) is 0 Å². The Balaban J connectivity index is 4.56. The van der Waals surface area contributed by atoms with Crippen molar-refractivity contribution in [3.63, 3.8) is 0 Å². The molecule has 0 bridgehead atoms. The first-order valence-electron chi connectivity index (χ1n) is 3.52. The molecule has 1 atom stereocenters. The highest BCUT2D eigenvalue weighted by molar-refractivity contribution is 7.69. The molecule has 0 fully saturated rings. The third-order valence-corrected chi connectivity index (χ3v) is 2.10. The predicted octanol–water partition coefficient (Wildman–Crippen LogP) is 1.10. The Bertz CT molecular complexity index is 286. The topological polar surface area (TPSA) is 83.8 Å². The van der Waals surface area contributed by atoms with Crippen LogP contribution in [0.4, 0.5) is 4.79 Å². The van der Waals surface area contributed by atoms with Crippen LogP contribution in [0.25, 0.3) is 0 Å². The van der Waals surface area contributed by atoms with E-state index in [1.807, 2.05) is 0 Å². The van der Waals surface area contributed by atoms with Crippen LogP contribution in [0.15, 0.2) is 0 Å². The first-order valence-corrected chi connectivity index (χ1v) is 5.13. The van der Waals surface area contributed by atoms with Gasteiger partial charge in [-0.25, -0.2) is 9.36 Å². The lowest BCUT2D eigenvalue weighted by Gasteiger charge is -2.21. The number of hydrogen-bond donors (Lipinski definition) is 2. The van der Waals surface area contributed by atoms with Crippen molar-refractivity contribution in [3.8, 4) is 12.3 Å². The zero-order valence-corrected chi connectivity index (χ0v) is 8.25. The molecule has 0 saturated heterocycles. The van der Waals surface area contributed by atoms with Crippen molar-refractivity contribution in [2.75, 3.05) is 0 Å². The quantitative estimate of drug-likeness (QED) is 0.533. The van der Waals surface area contributed by atoms with E-state index in [-0.39, 0.29) is 6.42 Å². The lowest BCUT2D eigenvalue weighted by Crippen LogP contribution is -2.28. The van der Waals surface area contributed by atoms with Crippen LogP contribution in [-0.4, -0.2) is 21.1 Å². The van der Waals surface area contributed by atoms with E-state index >= 15 is 0 Å². The minimum Gasteiger partial charge on any atom is -0.437 e. The molecule has 74 valence electrons. The fourth-order valence-electron chi connectivity index (χ4n) is 0.456. The fourth-order valence-corrected chi connectivity index (χ4v) is 0.776. The second kappa shape index (κ2) is 3.93. The Kier molecular flexibility index (Phi) is 3.68. The van der Waals surface area contributed by atoms with Gasteiger partial charge in [-0.15, -0.1) is 6.42 Å². The number of ether oxygens (including phenoxy) is 1. The zero-order chi connectivity index (χ0) is 10.7. The van der Waals surface area contributed by atoms with Gasteiger partial charge in [-0.05, 0) is 13.3 Å². The van der Waals surface area contributed by atoms with E-state index in [4.69, 9.17) is 16.2 Å². The van der Waals surface area contributed by atoms with E-state index in [0.717, 1.165) is 0 Å². The molecule has 5 nitrogen and oxygen atoms in total. The van der Waals surface area contributed by atoms with E-state index in [0.29, 0.717) is 0 Å². The van der Waals surface area contributed by atoms with Gasteiger partial charge in [0.05, 0.1) is 0 Å². The molecule has 0 spiro atoms. The second-order valence-electron chi connectivity index (χ2n) is 2.64. The normalized spacial score (nSPS) is 15.6. The summed E-state index contributed by atoms with van der Waals surface area (Å²) in [7, 11) is -4.84. The molecule has 0 aliphatic rings. The highest BCUT2D eigenvalue weighted by atomic mass is 31.2.